The number of rotatable bonds is 1. The maximum absolute atomic E-state index is 12.0. The molecule has 0 aliphatic heterocycles. The van der Waals surface area contributed by atoms with E-state index in [4.69, 9.17) is 5.11 Å². The molecule has 0 saturated heterocycles. The molecule has 0 unspecified atom stereocenters. The van der Waals surface area contributed by atoms with Gasteiger partial charge in [-0.3, -0.25) is 14.6 Å². The van der Waals surface area contributed by atoms with E-state index in [9.17, 15) is 18.8 Å². The van der Waals surface area contributed by atoms with Gasteiger partial charge in [-0.05, 0) is 0 Å². The van der Waals surface area contributed by atoms with Crippen molar-refractivity contribution in [2.45, 2.75) is 13.3 Å². The van der Waals surface area contributed by atoms with Crippen molar-refractivity contribution in [2.24, 2.45) is 0 Å². The smallest absolute Gasteiger partial charge is 0.325 e. The van der Waals surface area contributed by atoms with Crippen LogP contribution in [0.25, 0.3) is 0 Å². The summed E-state index contributed by atoms with van der Waals surface area (Å²) in [6.45, 7) is 1.60. The van der Waals surface area contributed by atoms with Crippen LogP contribution >= 0.6 is 0 Å². The van der Waals surface area contributed by atoms with Crippen molar-refractivity contribution in [3.05, 3.63) is 32.9 Å². The standard InChI is InChI=1S/C4H3FN2O2.C3H6O2/c5-2-1-6-4(9)7-3(2)8;1-2-3(4)5/h1H,(H2,6,7,8,9);2H2,1H3,(H,4,5). The molecule has 6 nitrogen and oxygen atoms in total. The number of carbonyl (C=O) groups is 1. The number of carboxylic acid groups (broad SMARTS) is 1. The average molecular weight is 204 g/mol. The number of aromatic nitrogens is 2. The van der Waals surface area contributed by atoms with E-state index in [1.54, 1.807) is 11.9 Å². The Morgan fingerprint density at radius 3 is 2.36 bits per heavy atom. The zero-order valence-electron chi connectivity index (χ0n) is 7.33. The Bertz CT molecular complexity index is 409. The van der Waals surface area contributed by atoms with E-state index in [1.807, 2.05) is 4.98 Å². The SMILES string of the molecule is CCC(=O)O.O=c1[nH]cc(F)c(=O)[nH]1. The minimum atomic E-state index is -1.00. The van der Waals surface area contributed by atoms with Crippen molar-refractivity contribution >= 4 is 5.97 Å². The predicted octanol–water partition coefficient (Wildman–Crippen LogP) is -0.317. The van der Waals surface area contributed by atoms with Gasteiger partial charge in [0.2, 0.25) is 5.82 Å². The first-order chi connectivity index (χ1) is 6.47. The molecule has 0 bridgehead atoms. The van der Waals surface area contributed by atoms with Crippen LogP contribution in [-0.2, 0) is 4.79 Å². The van der Waals surface area contributed by atoms with Crippen LogP contribution in [0.3, 0.4) is 0 Å². The molecule has 0 atom stereocenters. The molecular weight excluding hydrogens is 195 g/mol. The van der Waals surface area contributed by atoms with E-state index < -0.39 is 23.0 Å². The highest BCUT2D eigenvalue weighted by molar-refractivity contribution is 5.66. The highest BCUT2D eigenvalue weighted by Crippen LogP contribution is 1.74. The average Bonchev–Trinajstić information content (AvgIpc) is 2.13. The van der Waals surface area contributed by atoms with Crippen LogP contribution in [0.2, 0.25) is 0 Å². The summed E-state index contributed by atoms with van der Waals surface area (Å²) in [5.74, 6) is -1.74. The van der Waals surface area contributed by atoms with E-state index in [2.05, 4.69) is 0 Å². The molecule has 0 spiro atoms. The number of carboxylic acids is 1. The molecule has 1 rings (SSSR count). The minimum Gasteiger partial charge on any atom is -0.481 e. The maximum atomic E-state index is 12.0. The van der Waals surface area contributed by atoms with E-state index in [0.717, 1.165) is 0 Å². The van der Waals surface area contributed by atoms with Crippen molar-refractivity contribution in [1.82, 2.24) is 9.97 Å². The highest BCUT2D eigenvalue weighted by atomic mass is 19.1. The number of hydrogen-bond acceptors (Lipinski definition) is 3. The van der Waals surface area contributed by atoms with Crippen LogP contribution in [-0.4, -0.2) is 21.0 Å². The molecule has 3 N–H and O–H groups in total. The molecule has 0 fully saturated rings. The van der Waals surface area contributed by atoms with E-state index in [-0.39, 0.29) is 6.42 Å². The minimum absolute atomic E-state index is 0.222. The predicted molar refractivity (Wildman–Crippen MR) is 45.6 cm³/mol. The zero-order chi connectivity index (χ0) is 11.1. The Kier molecular flexibility index (Phi) is 4.90. The second kappa shape index (κ2) is 5.68. The lowest BCUT2D eigenvalue weighted by molar-refractivity contribution is -0.136. The Balaban J connectivity index is 0.000000292. The van der Waals surface area contributed by atoms with Crippen molar-refractivity contribution in [2.75, 3.05) is 0 Å². The molecule has 0 amide bonds. The first-order valence-electron chi connectivity index (χ1n) is 3.66. The topological polar surface area (TPSA) is 103 Å². The van der Waals surface area contributed by atoms with Crippen LogP contribution in [0.4, 0.5) is 4.39 Å². The first-order valence-corrected chi connectivity index (χ1v) is 3.66. The van der Waals surface area contributed by atoms with Crippen LogP contribution in [0.1, 0.15) is 13.3 Å². The summed E-state index contributed by atoms with van der Waals surface area (Å²) in [6, 6.07) is 0. The van der Waals surface area contributed by atoms with Crippen molar-refractivity contribution in [3.8, 4) is 0 Å². The number of aromatic amines is 2. The fraction of sp³-hybridized carbons (Fsp3) is 0.286. The molecule has 0 radical (unpaired) electrons. The Morgan fingerprint density at radius 1 is 1.57 bits per heavy atom. The van der Waals surface area contributed by atoms with Gasteiger partial charge in [-0.25, -0.2) is 4.79 Å². The lowest BCUT2D eigenvalue weighted by Gasteiger charge is -1.81. The molecule has 78 valence electrons. The molecule has 0 saturated carbocycles. The third-order valence-electron chi connectivity index (χ3n) is 1.08. The van der Waals surface area contributed by atoms with E-state index in [1.165, 1.54) is 0 Å². The summed E-state index contributed by atoms with van der Waals surface area (Å²) in [5, 5.41) is 7.72. The molecule has 0 aromatic carbocycles. The summed E-state index contributed by atoms with van der Waals surface area (Å²) < 4.78 is 12.0. The third kappa shape index (κ3) is 4.86. The lowest BCUT2D eigenvalue weighted by atomic mass is 10.5. The summed E-state index contributed by atoms with van der Waals surface area (Å²) in [4.78, 5) is 33.4. The quantitative estimate of drug-likeness (QED) is 0.583. The largest absolute Gasteiger partial charge is 0.481 e. The van der Waals surface area contributed by atoms with Gasteiger partial charge < -0.3 is 10.1 Å². The van der Waals surface area contributed by atoms with Gasteiger partial charge in [0.05, 0.1) is 0 Å². The van der Waals surface area contributed by atoms with Crippen molar-refractivity contribution < 1.29 is 14.3 Å². The first kappa shape index (κ1) is 12.1. The van der Waals surface area contributed by atoms with Gasteiger partial charge in [-0.1, -0.05) is 6.92 Å². The fourth-order valence-corrected chi connectivity index (χ4v) is 0.393. The Labute approximate surface area is 77.4 Å². The second-order valence-electron chi connectivity index (χ2n) is 2.17. The molecule has 1 aromatic rings. The Morgan fingerprint density at radius 2 is 2.07 bits per heavy atom. The van der Waals surface area contributed by atoms with Crippen molar-refractivity contribution in [1.29, 1.82) is 0 Å². The van der Waals surface area contributed by atoms with Gasteiger partial charge in [-0.2, -0.15) is 4.39 Å². The van der Waals surface area contributed by atoms with Gasteiger partial charge >= 0.3 is 11.7 Å². The fourth-order valence-electron chi connectivity index (χ4n) is 0.393. The number of halogens is 1. The summed E-state index contributed by atoms with van der Waals surface area (Å²) in [7, 11) is 0. The monoisotopic (exact) mass is 204 g/mol. The van der Waals surface area contributed by atoms with Gasteiger partial charge in [0.15, 0.2) is 0 Å². The maximum Gasteiger partial charge on any atom is 0.325 e. The van der Waals surface area contributed by atoms with Crippen LogP contribution < -0.4 is 11.2 Å². The Hall–Kier alpha value is -1.92. The van der Waals surface area contributed by atoms with Crippen LogP contribution in [0.15, 0.2) is 15.8 Å². The zero-order valence-corrected chi connectivity index (χ0v) is 7.33. The number of hydrogen-bond donors (Lipinski definition) is 3. The van der Waals surface area contributed by atoms with E-state index in [0.29, 0.717) is 6.20 Å². The van der Waals surface area contributed by atoms with Crippen molar-refractivity contribution in [3.63, 3.8) is 0 Å². The van der Waals surface area contributed by atoms with Crippen LogP contribution in [0.5, 0.6) is 0 Å². The normalized spacial score (nSPS) is 8.71. The van der Waals surface area contributed by atoms with Gasteiger partial charge in [-0.15, -0.1) is 0 Å². The molecule has 1 heterocycles. The number of H-pyrrole nitrogens is 2. The molecule has 14 heavy (non-hydrogen) atoms. The molecular formula is C7H9FN2O4. The van der Waals surface area contributed by atoms with Gasteiger partial charge in [0.25, 0.3) is 5.56 Å². The summed E-state index contributed by atoms with van der Waals surface area (Å²) >= 11 is 0. The summed E-state index contributed by atoms with van der Waals surface area (Å²) in [6.07, 6.45) is 0.932. The van der Waals surface area contributed by atoms with Gasteiger partial charge in [0.1, 0.15) is 0 Å². The molecule has 1 aromatic heterocycles. The third-order valence-corrected chi connectivity index (χ3v) is 1.08. The summed E-state index contributed by atoms with van der Waals surface area (Å²) in [5.41, 5.74) is -1.71. The highest BCUT2D eigenvalue weighted by Gasteiger charge is 1.93. The second-order valence-corrected chi connectivity index (χ2v) is 2.17. The number of aliphatic carboxylic acids is 1. The van der Waals surface area contributed by atoms with Gasteiger partial charge in [0, 0.05) is 12.6 Å². The lowest BCUT2D eigenvalue weighted by Crippen LogP contribution is -2.23. The molecule has 0 aliphatic rings. The molecule has 0 aliphatic carbocycles. The van der Waals surface area contributed by atoms with E-state index >= 15 is 0 Å². The van der Waals surface area contributed by atoms with Crippen LogP contribution in [0, 0.1) is 5.82 Å². The molecule has 7 heteroatoms. The number of nitrogens with one attached hydrogen (secondary N) is 2.